The van der Waals surface area contributed by atoms with Crippen LogP contribution in [-0.4, -0.2) is 39.2 Å². The third kappa shape index (κ3) is 4.74. The molecule has 2 amide bonds. The number of pyridine rings is 1. The molecule has 1 N–H and O–H groups in total. The molecule has 1 aliphatic heterocycles. The number of halogens is 3. The maximum Gasteiger partial charge on any atom is 0.415 e. The van der Waals surface area contributed by atoms with Crippen molar-refractivity contribution < 1.29 is 19.4 Å². The molecule has 1 aliphatic rings. The lowest BCUT2D eigenvalue weighted by atomic mass is 10.1. The van der Waals surface area contributed by atoms with Gasteiger partial charge in [0.05, 0.1) is 18.8 Å². The van der Waals surface area contributed by atoms with Gasteiger partial charge in [-0.3, -0.25) is 9.80 Å². The van der Waals surface area contributed by atoms with Gasteiger partial charge in [0.15, 0.2) is 0 Å². The fourth-order valence-corrected chi connectivity index (χ4v) is 3.02. The van der Waals surface area contributed by atoms with Crippen molar-refractivity contribution in [2.75, 3.05) is 22.9 Å². The molecule has 0 bridgehead atoms. The van der Waals surface area contributed by atoms with Crippen molar-refractivity contribution in [1.82, 2.24) is 4.98 Å². The predicted molar refractivity (Wildman–Crippen MR) is 103 cm³/mol. The molecule has 10 heteroatoms. The van der Waals surface area contributed by atoms with Crippen molar-refractivity contribution in [2.24, 2.45) is 0 Å². The second kappa shape index (κ2) is 7.80. The van der Waals surface area contributed by atoms with E-state index in [-0.39, 0.29) is 12.4 Å². The zero-order valence-electron chi connectivity index (χ0n) is 13.8. The van der Waals surface area contributed by atoms with Gasteiger partial charge in [-0.05, 0) is 11.6 Å². The van der Waals surface area contributed by atoms with Gasteiger partial charge in [0.2, 0.25) is 3.79 Å². The summed E-state index contributed by atoms with van der Waals surface area (Å²) < 4.78 is 3.60. The number of carboxylic acid groups (broad SMARTS) is 1. The van der Waals surface area contributed by atoms with Crippen LogP contribution in [0.5, 0.6) is 0 Å². The normalized spacial score (nSPS) is 16.9. The molecule has 0 saturated carbocycles. The smallest absolute Gasteiger partial charge is 0.415 e. The molecule has 1 atom stereocenters. The van der Waals surface area contributed by atoms with Crippen LogP contribution in [0.15, 0.2) is 48.7 Å². The Morgan fingerprint density at radius 2 is 2.00 bits per heavy atom. The number of hydrogen-bond donors (Lipinski definition) is 1. The maximum atomic E-state index is 12.3. The number of rotatable bonds is 4. The van der Waals surface area contributed by atoms with Crippen molar-refractivity contribution in [2.45, 2.75) is 9.90 Å². The molecule has 0 radical (unpaired) electrons. The SMILES string of the molecule is O=C1OC(c2ccccc2)CN1c1ccnc(N(CC(Cl)(Cl)Cl)C(=O)O)c1. The molecule has 1 fully saturated rings. The molecule has 1 saturated heterocycles. The largest absolute Gasteiger partial charge is 0.465 e. The first-order valence-electron chi connectivity index (χ1n) is 7.81. The molecule has 0 spiro atoms. The van der Waals surface area contributed by atoms with Crippen LogP contribution in [0.25, 0.3) is 0 Å². The van der Waals surface area contributed by atoms with E-state index < -0.39 is 28.6 Å². The van der Waals surface area contributed by atoms with Gasteiger partial charge in [-0.25, -0.2) is 14.6 Å². The summed E-state index contributed by atoms with van der Waals surface area (Å²) >= 11 is 17.1. The monoisotopic (exact) mass is 429 g/mol. The molecule has 27 heavy (non-hydrogen) atoms. The second-order valence-corrected chi connectivity index (χ2v) is 8.27. The van der Waals surface area contributed by atoms with Gasteiger partial charge < -0.3 is 9.84 Å². The molecule has 1 unspecified atom stereocenters. The van der Waals surface area contributed by atoms with Crippen molar-refractivity contribution >= 4 is 58.5 Å². The van der Waals surface area contributed by atoms with E-state index in [4.69, 9.17) is 39.5 Å². The average molecular weight is 431 g/mol. The number of benzene rings is 1. The first-order chi connectivity index (χ1) is 12.7. The highest BCUT2D eigenvalue weighted by molar-refractivity contribution is 6.68. The van der Waals surface area contributed by atoms with E-state index in [2.05, 4.69) is 4.98 Å². The standard InChI is InChI=1S/C17H14Cl3N3O4/c18-17(19,20)10-23(15(24)25)14-8-12(6-7-21-14)22-9-13(27-16(22)26)11-4-2-1-3-5-11/h1-8,13H,9-10H2,(H,24,25). The summed E-state index contributed by atoms with van der Waals surface area (Å²) in [5, 5.41) is 9.39. The summed E-state index contributed by atoms with van der Waals surface area (Å²) in [5.74, 6) is 0.0299. The molecule has 142 valence electrons. The van der Waals surface area contributed by atoms with Crippen LogP contribution in [0.1, 0.15) is 11.7 Å². The number of carbonyl (C=O) groups is 2. The Kier molecular flexibility index (Phi) is 5.64. The molecular weight excluding hydrogens is 417 g/mol. The first kappa shape index (κ1) is 19.5. The fraction of sp³-hybridized carbons (Fsp3) is 0.235. The lowest BCUT2D eigenvalue weighted by Crippen LogP contribution is -2.37. The molecule has 2 aromatic rings. The number of aromatic nitrogens is 1. The summed E-state index contributed by atoms with van der Waals surface area (Å²) in [6.07, 6.45) is -0.921. The molecule has 0 aliphatic carbocycles. The van der Waals surface area contributed by atoms with Gasteiger partial charge in [0, 0.05) is 12.3 Å². The Hall–Kier alpha value is -2.22. The van der Waals surface area contributed by atoms with E-state index >= 15 is 0 Å². The third-order valence-corrected chi connectivity index (χ3v) is 4.23. The Balaban J connectivity index is 1.85. The van der Waals surface area contributed by atoms with E-state index in [1.165, 1.54) is 17.2 Å². The predicted octanol–water partition coefficient (Wildman–Crippen LogP) is 4.63. The molecule has 1 aromatic carbocycles. The van der Waals surface area contributed by atoms with Crippen LogP contribution in [-0.2, 0) is 4.74 Å². The zero-order valence-corrected chi connectivity index (χ0v) is 16.0. The van der Waals surface area contributed by atoms with E-state index in [1.54, 1.807) is 6.07 Å². The fourth-order valence-electron chi connectivity index (χ4n) is 2.66. The van der Waals surface area contributed by atoms with Gasteiger partial charge in [0.1, 0.15) is 11.9 Å². The highest BCUT2D eigenvalue weighted by Crippen LogP contribution is 2.33. The minimum Gasteiger partial charge on any atom is -0.465 e. The lowest BCUT2D eigenvalue weighted by molar-refractivity contribution is 0.142. The Labute approximate surface area is 170 Å². The topological polar surface area (TPSA) is 83.0 Å². The molecule has 2 heterocycles. The van der Waals surface area contributed by atoms with Gasteiger partial charge in [-0.1, -0.05) is 65.1 Å². The van der Waals surface area contributed by atoms with Gasteiger partial charge in [-0.2, -0.15) is 0 Å². The second-order valence-electron chi connectivity index (χ2n) is 5.75. The number of anilines is 2. The molecule has 7 nitrogen and oxygen atoms in total. The van der Waals surface area contributed by atoms with Gasteiger partial charge in [0.25, 0.3) is 0 Å². The van der Waals surface area contributed by atoms with E-state index in [0.717, 1.165) is 10.5 Å². The van der Waals surface area contributed by atoms with Crippen molar-refractivity contribution in [3.63, 3.8) is 0 Å². The number of nitrogens with zero attached hydrogens (tertiary/aromatic N) is 3. The van der Waals surface area contributed by atoms with Crippen molar-refractivity contribution in [3.8, 4) is 0 Å². The highest BCUT2D eigenvalue weighted by Gasteiger charge is 2.34. The molecule has 1 aromatic heterocycles. The number of hydrogen-bond acceptors (Lipinski definition) is 4. The van der Waals surface area contributed by atoms with Crippen LogP contribution in [0, 0.1) is 0 Å². The van der Waals surface area contributed by atoms with Gasteiger partial charge in [-0.15, -0.1) is 0 Å². The quantitative estimate of drug-likeness (QED) is 0.715. The van der Waals surface area contributed by atoms with Gasteiger partial charge >= 0.3 is 12.2 Å². The minimum atomic E-state index is -1.82. The summed E-state index contributed by atoms with van der Waals surface area (Å²) in [7, 11) is 0. The highest BCUT2D eigenvalue weighted by atomic mass is 35.6. The Bertz CT molecular complexity index is 845. The van der Waals surface area contributed by atoms with E-state index in [0.29, 0.717) is 5.69 Å². The number of ether oxygens (including phenoxy) is 1. The first-order valence-corrected chi connectivity index (χ1v) is 8.94. The summed E-state index contributed by atoms with van der Waals surface area (Å²) in [6, 6.07) is 12.3. The Morgan fingerprint density at radius 1 is 1.30 bits per heavy atom. The molecular formula is C17H14Cl3N3O4. The van der Waals surface area contributed by atoms with Crippen LogP contribution < -0.4 is 9.80 Å². The maximum absolute atomic E-state index is 12.3. The van der Waals surface area contributed by atoms with Crippen LogP contribution in [0.4, 0.5) is 21.1 Å². The van der Waals surface area contributed by atoms with Crippen molar-refractivity contribution in [3.05, 3.63) is 54.2 Å². The average Bonchev–Trinajstić information content (AvgIpc) is 3.01. The minimum absolute atomic E-state index is 0.0299. The summed E-state index contributed by atoms with van der Waals surface area (Å²) in [5.41, 5.74) is 1.30. The zero-order chi connectivity index (χ0) is 19.6. The number of amides is 2. The third-order valence-electron chi connectivity index (χ3n) is 3.87. The number of alkyl halides is 3. The summed E-state index contributed by atoms with van der Waals surface area (Å²) in [6.45, 7) is -0.135. The Morgan fingerprint density at radius 3 is 2.63 bits per heavy atom. The van der Waals surface area contributed by atoms with E-state index in [1.807, 2.05) is 30.3 Å². The lowest BCUT2D eigenvalue weighted by Gasteiger charge is -2.23. The number of carbonyl (C=O) groups excluding carboxylic acids is 1. The molecule has 3 rings (SSSR count). The van der Waals surface area contributed by atoms with Crippen LogP contribution in [0.3, 0.4) is 0 Å². The van der Waals surface area contributed by atoms with E-state index in [9.17, 15) is 14.7 Å². The number of cyclic esters (lactones) is 1. The summed E-state index contributed by atoms with van der Waals surface area (Å²) in [4.78, 5) is 30.0. The van der Waals surface area contributed by atoms with Crippen LogP contribution in [0.2, 0.25) is 0 Å². The van der Waals surface area contributed by atoms with Crippen LogP contribution >= 0.6 is 34.8 Å². The van der Waals surface area contributed by atoms with Crippen molar-refractivity contribution in [1.29, 1.82) is 0 Å².